The van der Waals surface area contributed by atoms with E-state index in [0.29, 0.717) is 5.65 Å². The van der Waals surface area contributed by atoms with Crippen LogP contribution in [0, 0.1) is 0 Å². The molecule has 0 bridgehead atoms. The van der Waals surface area contributed by atoms with Gasteiger partial charge in [-0.15, -0.1) is 0 Å². The van der Waals surface area contributed by atoms with E-state index in [9.17, 15) is 4.79 Å². The number of anilines is 1. The molecule has 0 radical (unpaired) electrons. The molecular weight excluding hydrogens is 254 g/mol. The first kappa shape index (κ1) is 10.9. The lowest BCUT2D eigenvalue weighted by Crippen LogP contribution is -2.22. The first-order valence-electron chi connectivity index (χ1n) is 5.83. The van der Waals surface area contributed by atoms with Crippen LogP contribution in [0.15, 0.2) is 11.1 Å². The van der Waals surface area contributed by atoms with Crippen molar-refractivity contribution in [3.63, 3.8) is 0 Å². The number of nitrogen functional groups attached to an aromatic ring is 1. The van der Waals surface area contributed by atoms with Crippen molar-refractivity contribution >= 4 is 17.1 Å². The van der Waals surface area contributed by atoms with Crippen LogP contribution in [0.2, 0.25) is 0 Å². The summed E-state index contributed by atoms with van der Waals surface area (Å²) in [5.41, 5.74) is 5.68. The van der Waals surface area contributed by atoms with E-state index in [1.165, 1.54) is 6.33 Å². The Kier molecular flexibility index (Phi) is 2.03. The van der Waals surface area contributed by atoms with E-state index >= 15 is 0 Å². The van der Waals surface area contributed by atoms with Gasteiger partial charge in [0, 0.05) is 0 Å². The molecule has 9 nitrogen and oxygen atoms in total. The Labute approximate surface area is 106 Å². The number of nitrogens with one attached hydrogen (secondary N) is 1. The van der Waals surface area contributed by atoms with E-state index in [0.717, 1.165) is 0 Å². The standard InChI is InChI=1S/C10H11N5O4/c11-10-13-7-4(8(17)14-10)12-2-15(7)9-6-5(19-6)3(1-16)18-9/h2-3,5-6,9,16H,1H2,(H3,11,13,14,17)/t3-,5-,6?,9-/m1/s1. The molecule has 0 spiro atoms. The molecule has 2 saturated heterocycles. The van der Waals surface area contributed by atoms with Crippen molar-refractivity contribution in [1.29, 1.82) is 0 Å². The fourth-order valence-corrected chi connectivity index (χ4v) is 2.50. The van der Waals surface area contributed by atoms with Gasteiger partial charge in [-0.05, 0) is 0 Å². The van der Waals surface area contributed by atoms with Crippen LogP contribution in [0.5, 0.6) is 0 Å². The fraction of sp³-hybridized carbons (Fsp3) is 0.500. The van der Waals surface area contributed by atoms with Gasteiger partial charge in [0.2, 0.25) is 5.95 Å². The van der Waals surface area contributed by atoms with E-state index in [4.69, 9.17) is 20.3 Å². The van der Waals surface area contributed by atoms with E-state index < -0.39 is 11.8 Å². The van der Waals surface area contributed by atoms with Crippen molar-refractivity contribution in [2.24, 2.45) is 0 Å². The van der Waals surface area contributed by atoms with Crippen molar-refractivity contribution in [2.45, 2.75) is 24.5 Å². The molecule has 2 aliphatic rings. The molecule has 0 saturated carbocycles. The van der Waals surface area contributed by atoms with Crippen LogP contribution in [0.4, 0.5) is 5.95 Å². The minimum atomic E-state index is -0.444. The SMILES string of the molecule is Nc1nc2c(ncn2[C@@H]2O[C@H](CO)[C@H]3OC23)c(=O)[nH]1. The van der Waals surface area contributed by atoms with Crippen molar-refractivity contribution in [1.82, 2.24) is 19.5 Å². The Hall–Kier alpha value is -1.97. The third-order valence-corrected chi connectivity index (χ3v) is 3.43. The first-order valence-corrected chi connectivity index (χ1v) is 5.83. The maximum absolute atomic E-state index is 11.7. The molecule has 9 heteroatoms. The molecule has 2 aliphatic heterocycles. The van der Waals surface area contributed by atoms with Gasteiger partial charge in [-0.25, -0.2) is 4.98 Å². The van der Waals surface area contributed by atoms with Gasteiger partial charge in [0.25, 0.3) is 5.56 Å². The van der Waals surface area contributed by atoms with Crippen molar-refractivity contribution in [3.05, 3.63) is 16.7 Å². The largest absolute Gasteiger partial charge is 0.394 e. The van der Waals surface area contributed by atoms with Crippen LogP contribution in [0.3, 0.4) is 0 Å². The van der Waals surface area contributed by atoms with Gasteiger partial charge in [0.05, 0.1) is 12.9 Å². The molecule has 4 atom stereocenters. The highest BCUT2D eigenvalue weighted by atomic mass is 16.7. The number of aliphatic hydroxyl groups excluding tert-OH is 1. The summed E-state index contributed by atoms with van der Waals surface area (Å²) in [5.74, 6) is 0.0178. The number of fused-ring (bicyclic) bond motifs is 2. The Morgan fingerprint density at radius 2 is 2.32 bits per heavy atom. The quantitative estimate of drug-likeness (QED) is 0.555. The number of H-pyrrole nitrogens is 1. The van der Waals surface area contributed by atoms with Gasteiger partial charge in [-0.2, -0.15) is 4.98 Å². The smallest absolute Gasteiger partial charge is 0.280 e. The highest BCUT2D eigenvalue weighted by Crippen LogP contribution is 2.45. The molecule has 4 heterocycles. The second-order valence-electron chi connectivity index (χ2n) is 4.59. The number of nitrogens with two attached hydrogens (primary N) is 1. The number of hydrogen-bond donors (Lipinski definition) is 3. The number of hydrogen-bond acceptors (Lipinski definition) is 7. The lowest BCUT2D eigenvalue weighted by Gasteiger charge is -2.17. The highest BCUT2D eigenvalue weighted by Gasteiger charge is 2.58. The van der Waals surface area contributed by atoms with Gasteiger partial charge in [0.15, 0.2) is 17.4 Å². The van der Waals surface area contributed by atoms with Crippen LogP contribution in [-0.2, 0) is 9.47 Å². The molecule has 0 aromatic carbocycles. The van der Waals surface area contributed by atoms with Crippen LogP contribution in [0.1, 0.15) is 6.23 Å². The molecule has 19 heavy (non-hydrogen) atoms. The van der Waals surface area contributed by atoms with Gasteiger partial charge < -0.3 is 20.3 Å². The molecule has 100 valence electrons. The molecule has 4 rings (SSSR count). The molecule has 4 N–H and O–H groups in total. The Morgan fingerprint density at radius 3 is 3.05 bits per heavy atom. The predicted molar refractivity (Wildman–Crippen MR) is 62.2 cm³/mol. The first-order chi connectivity index (χ1) is 9.19. The van der Waals surface area contributed by atoms with E-state index in [2.05, 4.69) is 15.0 Å². The summed E-state index contributed by atoms with van der Waals surface area (Å²) in [5, 5.41) is 9.16. The fourth-order valence-electron chi connectivity index (χ4n) is 2.50. The molecule has 2 aromatic rings. The van der Waals surface area contributed by atoms with E-state index in [1.807, 2.05) is 0 Å². The van der Waals surface area contributed by atoms with Crippen LogP contribution >= 0.6 is 0 Å². The summed E-state index contributed by atoms with van der Waals surface area (Å²) >= 11 is 0. The topological polar surface area (TPSA) is 132 Å². The maximum atomic E-state index is 11.7. The normalized spacial score (nSPS) is 32.7. The minimum Gasteiger partial charge on any atom is -0.394 e. The summed E-state index contributed by atoms with van der Waals surface area (Å²) in [6.45, 7) is -0.111. The zero-order chi connectivity index (χ0) is 13.1. The number of epoxide rings is 1. The Morgan fingerprint density at radius 1 is 1.47 bits per heavy atom. The Bertz CT molecular complexity index is 709. The Balaban J connectivity index is 1.82. The van der Waals surface area contributed by atoms with Crippen LogP contribution < -0.4 is 11.3 Å². The number of aliphatic hydroxyl groups is 1. The van der Waals surface area contributed by atoms with Crippen molar-refractivity contribution < 1.29 is 14.6 Å². The predicted octanol–water partition coefficient (Wildman–Crippen LogP) is -1.64. The maximum Gasteiger partial charge on any atom is 0.280 e. The van der Waals surface area contributed by atoms with Gasteiger partial charge >= 0.3 is 0 Å². The van der Waals surface area contributed by atoms with E-state index in [-0.39, 0.29) is 36.4 Å². The average Bonchev–Trinajstić information content (AvgIpc) is 2.91. The lowest BCUT2D eigenvalue weighted by atomic mass is 10.2. The summed E-state index contributed by atoms with van der Waals surface area (Å²) in [4.78, 5) is 22.1. The summed E-state index contributed by atoms with van der Waals surface area (Å²) < 4.78 is 12.7. The number of ether oxygens (including phenoxy) is 2. The third-order valence-electron chi connectivity index (χ3n) is 3.43. The average molecular weight is 265 g/mol. The highest BCUT2D eigenvalue weighted by molar-refractivity contribution is 5.70. The molecule has 1 unspecified atom stereocenters. The molecule has 2 fully saturated rings. The number of aromatic nitrogens is 4. The molecular formula is C10H11N5O4. The second kappa shape index (κ2) is 3.53. The van der Waals surface area contributed by atoms with Crippen LogP contribution in [-0.4, -0.2) is 49.5 Å². The van der Waals surface area contributed by atoms with Gasteiger partial charge in [0.1, 0.15) is 18.3 Å². The number of imidazole rings is 1. The molecule has 0 aliphatic carbocycles. The van der Waals surface area contributed by atoms with Crippen LogP contribution in [0.25, 0.3) is 11.2 Å². The lowest BCUT2D eigenvalue weighted by molar-refractivity contribution is -0.0823. The molecule has 2 aromatic heterocycles. The van der Waals surface area contributed by atoms with Crippen molar-refractivity contribution in [3.8, 4) is 0 Å². The van der Waals surface area contributed by atoms with Gasteiger partial charge in [-0.1, -0.05) is 0 Å². The zero-order valence-electron chi connectivity index (χ0n) is 9.68. The minimum absolute atomic E-state index is 0.0178. The monoisotopic (exact) mass is 265 g/mol. The number of aromatic amines is 1. The second-order valence-corrected chi connectivity index (χ2v) is 4.59. The van der Waals surface area contributed by atoms with Gasteiger partial charge in [-0.3, -0.25) is 14.3 Å². The van der Waals surface area contributed by atoms with Crippen molar-refractivity contribution in [2.75, 3.05) is 12.3 Å². The number of nitrogens with zero attached hydrogens (tertiary/aromatic N) is 3. The summed E-state index contributed by atoms with van der Waals surface area (Å²) in [7, 11) is 0. The zero-order valence-corrected chi connectivity index (χ0v) is 9.68. The molecule has 0 amide bonds. The number of rotatable bonds is 2. The third kappa shape index (κ3) is 1.43. The summed E-state index contributed by atoms with van der Waals surface area (Å²) in [6, 6.07) is 0. The van der Waals surface area contributed by atoms with E-state index in [1.54, 1.807) is 4.57 Å². The summed E-state index contributed by atoms with van der Waals surface area (Å²) in [6.07, 6.45) is 0.423.